The van der Waals surface area contributed by atoms with Crippen LogP contribution < -0.4 is 15.8 Å². The summed E-state index contributed by atoms with van der Waals surface area (Å²) in [4.78, 5) is 12.8. The first-order valence-corrected chi connectivity index (χ1v) is 8.04. The van der Waals surface area contributed by atoms with Gasteiger partial charge in [0, 0.05) is 12.2 Å². The summed E-state index contributed by atoms with van der Waals surface area (Å²) < 4.78 is 5.45. The van der Waals surface area contributed by atoms with Crippen LogP contribution in [0.2, 0.25) is 0 Å². The van der Waals surface area contributed by atoms with Gasteiger partial charge in [0.25, 0.3) is 0 Å². The van der Waals surface area contributed by atoms with Crippen LogP contribution in [-0.4, -0.2) is 19.1 Å². The van der Waals surface area contributed by atoms with Crippen molar-refractivity contribution < 1.29 is 9.53 Å². The zero-order chi connectivity index (χ0) is 16.1. The number of hydrogen-bond donors (Lipinski definition) is 2. The van der Waals surface area contributed by atoms with Gasteiger partial charge in [-0.2, -0.15) is 0 Å². The van der Waals surface area contributed by atoms with Crippen LogP contribution in [0.4, 0.5) is 5.69 Å². The van der Waals surface area contributed by atoms with Gasteiger partial charge in [-0.05, 0) is 42.7 Å². The van der Waals surface area contributed by atoms with E-state index in [0.29, 0.717) is 13.2 Å². The topological polar surface area (TPSA) is 64.3 Å². The monoisotopic (exact) mass is 346 g/mol. The predicted molar refractivity (Wildman–Crippen MR) is 98.8 cm³/mol. The highest BCUT2D eigenvalue weighted by atomic mass is 35.5. The van der Waals surface area contributed by atoms with Crippen molar-refractivity contribution in [1.82, 2.24) is 0 Å². The molecule has 0 bridgehead atoms. The van der Waals surface area contributed by atoms with E-state index in [1.165, 1.54) is 0 Å². The molecule has 0 unspecified atom stereocenters. The van der Waals surface area contributed by atoms with Crippen LogP contribution in [0.1, 0.15) is 24.8 Å². The van der Waals surface area contributed by atoms with E-state index < -0.39 is 0 Å². The first-order valence-electron chi connectivity index (χ1n) is 8.04. The zero-order valence-corrected chi connectivity index (χ0v) is 14.4. The maximum Gasteiger partial charge on any atom is 0.235 e. The first kappa shape index (κ1) is 18.3. The third kappa shape index (κ3) is 3.71. The number of amides is 1. The van der Waals surface area contributed by atoms with Crippen molar-refractivity contribution in [3.8, 4) is 5.75 Å². The lowest BCUT2D eigenvalue weighted by molar-refractivity contribution is -0.124. The van der Waals surface area contributed by atoms with Crippen molar-refractivity contribution in [2.24, 2.45) is 5.73 Å². The standard InChI is InChI=1S/C19H22N2O2.ClH/c20-13-14-23-17-9-7-16(8-10-17)21-18(22)19(11-4-12-19)15-5-2-1-3-6-15;/h1-3,5-10H,4,11-14,20H2,(H,21,22);1H. The van der Waals surface area contributed by atoms with Crippen molar-refractivity contribution in [2.75, 3.05) is 18.5 Å². The van der Waals surface area contributed by atoms with Crippen molar-refractivity contribution in [2.45, 2.75) is 24.7 Å². The Morgan fingerprint density at radius 2 is 1.75 bits per heavy atom. The van der Waals surface area contributed by atoms with Gasteiger partial charge in [0.15, 0.2) is 0 Å². The summed E-state index contributed by atoms with van der Waals surface area (Å²) in [7, 11) is 0. The molecule has 0 spiro atoms. The maximum atomic E-state index is 12.8. The molecule has 0 aliphatic heterocycles. The minimum atomic E-state index is -0.379. The number of carbonyl (C=O) groups excluding carboxylic acids is 1. The molecule has 2 aromatic rings. The zero-order valence-electron chi connectivity index (χ0n) is 13.5. The molecule has 5 heteroatoms. The predicted octanol–water partition coefficient (Wildman–Crippen LogP) is 3.51. The molecule has 1 aliphatic carbocycles. The van der Waals surface area contributed by atoms with Gasteiger partial charge in [-0.3, -0.25) is 4.79 Å². The molecule has 2 aromatic carbocycles. The normalized spacial score (nSPS) is 14.9. The number of hydrogen-bond acceptors (Lipinski definition) is 3. The molecule has 3 N–H and O–H groups in total. The van der Waals surface area contributed by atoms with Gasteiger partial charge in [0.2, 0.25) is 5.91 Å². The SMILES string of the molecule is Cl.NCCOc1ccc(NC(=O)C2(c3ccccc3)CCC2)cc1. The highest BCUT2D eigenvalue weighted by molar-refractivity contribution is 5.99. The molecule has 0 saturated heterocycles. The molecular weight excluding hydrogens is 324 g/mol. The van der Waals surface area contributed by atoms with E-state index in [9.17, 15) is 4.79 Å². The van der Waals surface area contributed by atoms with Gasteiger partial charge in [0.05, 0.1) is 5.41 Å². The fourth-order valence-electron chi connectivity index (χ4n) is 3.00. The number of anilines is 1. The Hall–Kier alpha value is -2.04. The minimum Gasteiger partial charge on any atom is -0.492 e. The molecule has 1 fully saturated rings. The molecule has 1 aliphatic rings. The van der Waals surface area contributed by atoms with Crippen LogP contribution >= 0.6 is 12.4 Å². The fraction of sp³-hybridized carbons (Fsp3) is 0.316. The lowest BCUT2D eigenvalue weighted by Gasteiger charge is -2.40. The van der Waals surface area contributed by atoms with E-state index in [1.807, 2.05) is 54.6 Å². The molecule has 1 amide bonds. The van der Waals surface area contributed by atoms with Gasteiger partial charge in [-0.1, -0.05) is 36.8 Å². The first-order chi connectivity index (χ1) is 11.2. The van der Waals surface area contributed by atoms with E-state index in [-0.39, 0.29) is 23.7 Å². The third-order valence-electron chi connectivity index (χ3n) is 4.47. The summed E-state index contributed by atoms with van der Waals surface area (Å²) in [6.07, 6.45) is 2.90. The van der Waals surface area contributed by atoms with E-state index in [0.717, 1.165) is 36.3 Å². The van der Waals surface area contributed by atoms with Crippen molar-refractivity contribution in [3.05, 3.63) is 60.2 Å². The molecule has 4 nitrogen and oxygen atoms in total. The summed E-state index contributed by atoms with van der Waals surface area (Å²) in [6, 6.07) is 17.5. The van der Waals surface area contributed by atoms with Gasteiger partial charge in [-0.15, -0.1) is 12.4 Å². The Morgan fingerprint density at radius 3 is 2.29 bits per heavy atom. The van der Waals surface area contributed by atoms with Crippen LogP contribution in [0.5, 0.6) is 5.75 Å². The highest BCUT2D eigenvalue weighted by Gasteiger charge is 2.45. The Morgan fingerprint density at radius 1 is 1.08 bits per heavy atom. The Bertz CT molecular complexity index is 655. The quantitative estimate of drug-likeness (QED) is 0.841. The summed E-state index contributed by atoms with van der Waals surface area (Å²) in [5.41, 5.74) is 6.93. The number of carbonyl (C=O) groups is 1. The number of rotatable bonds is 6. The van der Waals surface area contributed by atoms with Crippen molar-refractivity contribution >= 4 is 24.0 Å². The second-order valence-corrected chi connectivity index (χ2v) is 5.92. The molecule has 0 aromatic heterocycles. The molecule has 128 valence electrons. The van der Waals surface area contributed by atoms with Crippen LogP contribution in [0, 0.1) is 0 Å². The Kier molecular flexibility index (Phi) is 6.23. The number of nitrogens with one attached hydrogen (secondary N) is 1. The van der Waals surface area contributed by atoms with Crippen molar-refractivity contribution in [3.63, 3.8) is 0 Å². The number of halogens is 1. The van der Waals surface area contributed by atoms with E-state index in [1.54, 1.807) is 0 Å². The van der Waals surface area contributed by atoms with Gasteiger partial charge in [-0.25, -0.2) is 0 Å². The molecule has 0 radical (unpaired) electrons. The van der Waals surface area contributed by atoms with Gasteiger partial charge >= 0.3 is 0 Å². The number of ether oxygens (including phenoxy) is 1. The summed E-state index contributed by atoms with van der Waals surface area (Å²) in [5, 5.41) is 3.05. The molecule has 1 saturated carbocycles. The van der Waals surface area contributed by atoms with Crippen LogP contribution in [0.25, 0.3) is 0 Å². The smallest absolute Gasteiger partial charge is 0.235 e. The lowest BCUT2D eigenvalue weighted by Crippen LogP contribution is -2.45. The Labute approximate surface area is 148 Å². The number of benzene rings is 2. The molecule has 24 heavy (non-hydrogen) atoms. The second-order valence-electron chi connectivity index (χ2n) is 5.92. The summed E-state index contributed by atoms with van der Waals surface area (Å²) >= 11 is 0. The second kappa shape index (κ2) is 8.18. The molecule has 0 heterocycles. The van der Waals surface area contributed by atoms with E-state index >= 15 is 0 Å². The molecule has 3 rings (SSSR count). The van der Waals surface area contributed by atoms with Gasteiger partial charge < -0.3 is 15.8 Å². The lowest BCUT2D eigenvalue weighted by atomic mass is 9.64. The van der Waals surface area contributed by atoms with Crippen molar-refractivity contribution in [1.29, 1.82) is 0 Å². The average molecular weight is 347 g/mol. The largest absolute Gasteiger partial charge is 0.492 e. The highest BCUT2D eigenvalue weighted by Crippen LogP contribution is 2.44. The number of nitrogens with two attached hydrogens (primary N) is 1. The maximum absolute atomic E-state index is 12.8. The van der Waals surface area contributed by atoms with Crippen LogP contribution in [0.3, 0.4) is 0 Å². The van der Waals surface area contributed by atoms with Gasteiger partial charge in [0.1, 0.15) is 12.4 Å². The minimum absolute atomic E-state index is 0. The van der Waals surface area contributed by atoms with Crippen LogP contribution in [0.15, 0.2) is 54.6 Å². The van der Waals surface area contributed by atoms with Crippen LogP contribution in [-0.2, 0) is 10.2 Å². The molecule has 0 atom stereocenters. The summed E-state index contributed by atoms with van der Waals surface area (Å²) in [6.45, 7) is 0.973. The average Bonchev–Trinajstić information content (AvgIpc) is 2.54. The Balaban J connectivity index is 0.00000208. The summed E-state index contributed by atoms with van der Waals surface area (Å²) in [5.74, 6) is 0.834. The fourth-order valence-corrected chi connectivity index (χ4v) is 3.00. The third-order valence-corrected chi connectivity index (χ3v) is 4.47. The molecular formula is C19H23ClN2O2. The van der Waals surface area contributed by atoms with E-state index in [2.05, 4.69) is 5.32 Å². The van der Waals surface area contributed by atoms with E-state index in [4.69, 9.17) is 10.5 Å².